The molecule has 3 aromatic carbocycles. The van der Waals surface area contributed by atoms with Gasteiger partial charge in [0.25, 0.3) is 0 Å². The molecule has 0 aliphatic rings. The number of hydrogen-bond acceptors (Lipinski definition) is 0. The van der Waals surface area contributed by atoms with Gasteiger partial charge in [-0.3, -0.25) is 0 Å². The molecule has 0 nitrogen and oxygen atoms in total. The molecule has 0 spiro atoms. The molecule has 3 rings (SSSR count). The third kappa shape index (κ3) is 3.71. The minimum absolute atomic E-state index is 0.380. The van der Waals surface area contributed by atoms with E-state index in [4.69, 9.17) is 0 Å². The molecule has 7 heteroatoms. The molecule has 128 valence electrons. The fourth-order valence-electron chi connectivity index (χ4n) is 2.32. The van der Waals surface area contributed by atoms with Crippen molar-refractivity contribution in [1.29, 1.82) is 0 Å². The van der Waals surface area contributed by atoms with Gasteiger partial charge in [0.2, 0.25) is 0 Å². The molecule has 0 radical (unpaired) electrons. The Bertz CT molecular complexity index is 818. The summed E-state index contributed by atoms with van der Waals surface area (Å²) in [7, 11) is 0. The first-order valence-corrected chi connectivity index (χ1v) is 12.2. The number of benzene rings is 3. The van der Waals surface area contributed by atoms with E-state index in [9.17, 15) is 26.3 Å². The Morgan fingerprint density at radius 1 is 0.400 bits per heavy atom. The van der Waals surface area contributed by atoms with Crippen LogP contribution in [0.15, 0.2) is 54.6 Å². The van der Waals surface area contributed by atoms with Crippen molar-refractivity contribution in [3.8, 4) is 0 Å². The monoisotopic (exact) mass is 548 g/mol. The van der Waals surface area contributed by atoms with E-state index in [2.05, 4.69) is 0 Å². The van der Waals surface area contributed by atoms with E-state index in [0.717, 1.165) is 36.4 Å². The van der Waals surface area contributed by atoms with Crippen LogP contribution in [-0.2, 0) is 0 Å². The van der Waals surface area contributed by atoms with Crippen LogP contribution < -0.4 is 9.81 Å². The van der Waals surface area contributed by atoms with Gasteiger partial charge >= 0.3 is 147 Å². The quantitative estimate of drug-likeness (QED) is 0.349. The molecule has 0 aliphatic heterocycles. The van der Waals surface area contributed by atoms with Gasteiger partial charge in [-0.2, -0.15) is 0 Å². The SMILES string of the molecule is Fc1cc[c]([Bi]([c]2ccc(F)c(F)c2)[c]2ccc(F)c(F)c2)cc1F. The van der Waals surface area contributed by atoms with Gasteiger partial charge in [0.1, 0.15) is 0 Å². The van der Waals surface area contributed by atoms with Crippen molar-refractivity contribution in [3.05, 3.63) is 89.5 Å². The van der Waals surface area contributed by atoms with Crippen LogP contribution in [0.25, 0.3) is 0 Å². The van der Waals surface area contributed by atoms with E-state index in [-0.39, 0.29) is 0 Å². The molecular weight excluding hydrogens is 539 g/mol. The molecule has 0 fully saturated rings. The van der Waals surface area contributed by atoms with Crippen molar-refractivity contribution in [1.82, 2.24) is 0 Å². The number of rotatable bonds is 3. The van der Waals surface area contributed by atoms with E-state index in [1.807, 2.05) is 0 Å². The second-order valence-electron chi connectivity index (χ2n) is 5.13. The third-order valence-corrected chi connectivity index (χ3v) is 12.8. The average Bonchev–Trinajstić information content (AvgIpc) is 2.57. The van der Waals surface area contributed by atoms with Gasteiger partial charge in [-0.05, 0) is 0 Å². The Hall–Kier alpha value is -1.88. The third-order valence-electron chi connectivity index (χ3n) is 3.48. The second-order valence-corrected chi connectivity index (χ2v) is 13.8. The normalized spacial score (nSPS) is 11.2. The molecule has 0 bridgehead atoms. The van der Waals surface area contributed by atoms with Gasteiger partial charge in [0, 0.05) is 0 Å². The summed E-state index contributed by atoms with van der Waals surface area (Å²) in [6.07, 6.45) is 0. The summed E-state index contributed by atoms with van der Waals surface area (Å²) in [5.74, 6) is -6.44. The minimum atomic E-state index is -3.48. The van der Waals surface area contributed by atoms with Crippen LogP contribution in [0.1, 0.15) is 0 Å². The first-order valence-electron chi connectivity index (χ1n) is 7.02. The molecular formula is C18H9BiF6. The Labute approximate surface area is 147 Å². The van der Waals surface area contributed by atoms with Gasteiger partial charge in [0.05, 0.1) is 0 Å². The maximum atomic E-state index is 13.6. The first-order chi connectivity index (χ1) is 11.9. The van der Waals surface area contributed by atoms with Crippen LogP contribution in [0.3, 0.4) is 0 Å². The molecule has 0 unspecified atom stereocenters. The summed E-state index contributed by atoms with van der Waals surface area (Å²) < 4.78 is 81.8. The summed E-state index contributed by atoms with van der Waals surface area (Å²) in [4.78, 5) is 0. The maximum absolute atomic E-state index is 13.6. The van der Waals surface area contributed by atoms with Crippen LogP contribution in [-0.4, -0.2) is 21.8 Å². The van der Waals surface area contributed by atoms with E-state index < -0.39 is 56.7 Å². The first kappa shape index (κ1) is 17.9. The van der Waals surface area contributed by atoms with Crippen molar-refractivity contribution in [2.45, 2.75) is 0 Å². The molecule has 0 saturated carbocycles. The molecule has 3 aromatic rings. The summed E-state index contributed by atoms with van der Waals surface area (Å²) in [6.45, 7) is 0. The number of halogens is 6. The Balaban J connectivity index is 2.21. The zero-order valence-electron chi connectivity index (χ0n) is 12.4. The summed E-state index contributed by atoms with van der Waals surface area (Å²) in [5.41, 5.74) is 0. The molecule has 0 aliphatic carbocycles. The molecule has 0 amide bonds. The fourth-order valence-corrected chi connectivity index (χ4v) is 11.2. The van der Waals surface area contributed by atoms with Gasteiger partial charge in [0.15, 0.2) is 0 Å². The molecule has 25 heavy (non-hydrogen) atoms. The van der Waals surface area contributed by atoms with E-state index in [1.165, 1.54) is 18.2 Å². The van der Waals surface area contributed by atoms with Crippen molar-refractivity contribution in [2.24, 2.45) is 0 Å². The van der Waals surface area contributed by atoms with Crippen molar-refractivity contribution >= 4 is 31.6 Å². The standard InChI is InChI=1S/3C6H3F2.Bi/c3*7-5-3-1-2-4-6(5)8;/h3*1,3-4H;. The summed E-state index contributed by atoms with van der Waals surface area (Å²) in [6, 6.07) is 9.67. The zero-order chi connectivity index (χ0) is 18.1. The topological polar surface area (TPSA) is 0 Å². The van der Waals surface area contributed by atoms with Crippen LogP contribution >= 0.6 is 0 Å². The molecule has 0 N–H and O–H groups in total. The van der Waals surface area contributed by atoms with E-state index in [1.54, 1.807) is 0 Å². The Morgan fingerprint density at radius 2 is 0.680 bits per heavy atom. The predicted molar refractivity (Wildman–Crippen MR) is 83.7 cm³/mol. The van der Waals surface area contributed by atoms with Crippen molar-refractivity contribution in [3.63, 3.8) is 0 Å². The van der Waals surface area contributed by atoms with E-state index >= 15 is 0 Å². The van der Waals surface area contributed by atoms with Crippen molar-refractivity contribution < 1.29 is 26.3 Å². The van der Waals surface area contributed by atoms with Gasteiger partial charge in [-0.25, -0.2) is 0 Å². The fraction of sp³-hybridized carbons (Fsp3) is 0. The van der Waals surface area contributed by atoms with Gasteiger partial charge < -0.3 is 0 Å². The Morgan fingerprint density at radius 3 is 0.920 bits per heavy atom. The second kappa shape index (κ2) is 7.16. The summed E-state index contributed by atoms with van der Waals surface area (Å²) in [5, 5.41) is 0. The van der Waals surface area contributed by atoms with E-state index in [0.29, 0.717) is 9.81 Å². The van der Waals surface area contributed by atoms with Gasteiger partial charge in [-0.15, -0.1) is 0 Å². The zero-order valence-corrected chi connectivity index (χ0v) is 15.9. The molecule has 0 heterocycles. The van der Waals surface area contributed by atoms with Crippen LogP contribution in [0.5, 0.6) is 0 Å². The van der Waals surface area contributed by atoms with Gasteiger partial charge in [-0.1, -0.05) is 0 Å². The summed E-state index contributed by atoms with van der Waals surface area (Å²) >= 11 is -3.48. The predicted octanol–water partition coefficient (Wildman–Crippen LogP) is 3.04. The van der Waals surface area contributed by atoms with Crippen LogP contribution in [0, 0.1) is 34.9 Å². The molecule has 0 atom stereocenters. The van der Waals surface area contributed by atoms with Crippen molar-refractivity contribution in [2.75, 3.05) is 0 Å². The molecule has 0 aromatic heterocycles. The molecule has 0 saturated heterocycles. The number of hydrogen-bond donors (Lipinski definition) is 0. The van der Waals surface area contributed by atoms with Crippen LogP contribution in [0.4, 0.5) is 26.3 Å². The van der Waals surface area contributed by atoms with Crippen LogP contribution in [0.2, 0.25) is 0 Å². The Kier molecular flexibility index (Phi) is 5.14. The average molecular weight is 548 g/mol.